The summed E-state index contributed by atoms with van der Waals surface area (Å²) >= 11 is 0. The molecule has 0 radical (unpaired) electrons. The van der Waals surface area contributed by atoms with Crippen molar-refractivity contribution in [1.29, 1.82) is 0 Å². The number of nitrogens with zero attached hydrogens (tertiary/aromatic N) is 4. The highest BCUT2D eigenvalue weighted by atomic mass is 32.2. The minimum absolute atomic E-state index is 0.141. The van der Waals surface area contributed by atoms with E-state index in [-0.39, 0.29) is 18.2 Å². The Labute approximate surface area is 151 Å². The van der Waals surface area contributed by atoms with E-state index < -0.39 is 10.0 Å². The first-order chi connectivity index (χ1) is 12.5. The molecule has 0 fully saturated rings. The van der Waals surface area contributed by atoms with E-state index in [1.165, 1.54) is 4.31 Å². The molecule has 2 aromatic heterocycles. The van der Waals surface area contributed by atoms with Gasteiger partial charge in [-0.2, -0.15) is 0 Å². The van der Waals surface area contributed by atoms with Crippen molar-refractivity contribution < 1.29 is 17.9 Å². The van der Waals surface area contributed by atoms with Crippen molar-refractivity contribution >= 4 is 21.4 Å². The molecule has 0 aliphatic carbocycles. The smallest absolute Gasteiger partial charge is 0.265 e. The van der Waals surface area contributed by atoms with E-state index in [1.807, 2.05) is 6.92 Å². The number of sulfonamides is 1. The molecule has 3 aromatic rings. The number of anilines is 1. The van der Waals surface area contributed by atoms with E-state index in [9.17, 15) is 8.42 Å². The van der Waals surface area contributed by atoms with E-state index in [0.29, 0.717) is 35.1 Å². The zero-order chi connectivity index (χ0) is 18.3. The molecule has 9 heteroatoms. The Hall–Kier alpha value is -2.81. The Bertz CT molecular complexity index is 1080. The number of aromatic nitrogens is 3. The molecule has 0 unspecified atom stereocenters. The van der Waals surface area contributed by atoms with Gasteiger partial charge in [0.25, 0.3) is 10.0 Å². The van der Waals surface area contributed by atoms with Crippen LogP contribution in [0.5, 0.6) is 11.5 Å². The predicted octanol–water partition coefficient (Wildman–Crippen LogP) is 2.24. The Kier molecular flexibility index (Phi) is 3.95. The molecule has 0 atom stereocenters. The van der Waals surface area contributed by atoms with Crippen LogP contribution >= 0.6 is 0 Å². The van der Waals surface area contributed by atoms with Crippen LogP contribution < -0.4 is 13.8 Å². The van der Waals surface area contributed by atoms with Crippen molar-refractivity contribution in [3.05, 3.63) is 42.4 Å². The molecule has 0 bridgehead atoms. The predicted molar refractivity (Wildman–Crippen MR) is 95.1 cm³/mol. The standard InChI is InChI=1S/C17H18N4O4S/c1-3-16-18-19-17-8-6-13(10-20(16)17)26(22,23)21(4-2)12-5-7-14-15(9-12)25-11-24-14/h5-10H,3-4,11H2,1-2H3. The van der Waals surface area contributed by atoms with E-state index in [2.05, 4.69) is 10.2 Å². The maximum absolute atomic E-state index is 13.2. The molecule has 136 valence electrons. The number of fused-ring (bicyclic) bond motifs is 2. The van der Waals surface area contributed by atoms with Gasteiger partial charge in [-0.1, -0.05) is 6.92 Å². The van der Waals surface area contributed by atoms with Crippen molar-refractivity contribution in [2.24, 2.45) is 0 Å². The monoisotopic (exact) mass is 374 g/mol. The maximum Gasteiger partial charge on any atom is 0.265 e. The van der Waals surface area contributed by atoms with Crippen LogP contribution in [0.1, 0.15) is 19.7 Å². The second-order valence-electron chi connectivity index (χ2n) is 5.77. The number of benzene rings is 1. The van der Waals surface area contributed by atoms with Crippen LogP contribution in [-0.2, 0) is 16.4 Å². The van der Waals surface area contributed by atoms with Gasteiger partial charge < -0.3 is 9.47 Å². The summed E-state index contributed by atoms with van der Waals surface area (Å²) in [6.07, 6.45) is 2.23. The van der Waals surface area contributed by atoms with Crippen LogP contribution in [0.2, 0.25) is 0 Å². The van der Waals surface area contributed by atoms with Crippen LogP contribution in [0, 0.1) is 0 Å². The molecule has 0 saturated heterocycles. The molecule has 4 rings (SSSR count). The molecule has 1 aliphatic heterocycles. The van der Waals surface area contributed by atoms with Crippen molar-refractivity contribution in [2.75, 3.05) is 17.6 Å². The average Bonchev–Trinajstić information content (AvgIpc) is 3.27. The lowest BCUT2D eigenvalue weighted by Crippen LogP contribution is -2.31. The summed E-state index contributed by atoms with van der Waals surface area (Å²) in [5.74, 6) is 1.86. The van der Waals surface area contributed by atoms with Crippen molar-refractivity contribution in [3.63, 3.8) is 0 Å². The summed E-state index contributed by atoms with van der Waals surface area (Å²) in [4.78, 5) is 0.180. The Morgan fingerprint density at radius 2 is 1.92 bits per heavy atom. The zero-order valence-electron chi connectivity index (χ0n) is 14.4. The average molecular weight is 374 g/mol. The molecule has 0 amide bonds. The van der Waals surface area contributed by atoms with E-state index in [4.69, 9.17) is 9.47 Å². The summed E-state index contributed by atoms with van der Waals surface area (Å²) in [5.41, 5.74) is 1.14. The first-order valence-electron chi connectivity index (χ1n) is 8.30. The Balaban J connectivity index is 1.78. The lowest BCUT2D eigenvalue weighted by molar-refractivity contribution is 0.174. The number of hydrogen-bond donors (Lipinski definition) is 0. The van der Waals surface area contributed by atoms with Crippen molar-refractivity contribution in [1.82, 2.24) is 14.6 Å². The van der Waals surface area contributed by atoms with Gasteiger partial charge in [0.05, 0.1) is 5.69 Å². The van der Waals surface area contributed by atoms with E-state index >= 15 is 0 Å². The molecule has 26 heavy (non-hydrogen) atoms. The summed E-state index contributed by atoms with van der Waals surface area (Å²) in [6, 6.07) is 8.32. The Morgan fingerprint density at radius 1 is 1.12 bits per heavy atom. The third kappa shape index (κ3) is 2.55. The second kappa shape index (κ2) is 6.17. The fraction of sp³-hybridized carbons (Fsp3) is 0.294. The highest BCUT2D eigenvalue weighted by Crippen LogP contribution is 2.36. The van der Waals surface area contributed by atoms with Crippen LogP contribution in [0.15, 0.2) is 41.4 Å². The van der Waals surface area contributed by atoms with Crippen LogP contribution in [0.4, 0.5) is 5.69 Å². The molecular formula is C17H18N4O4S. The zero-order valence-corrected chi connectivity index (χ0v) is 15.2. The minimum atomic E-state index is -3.76. The fourth-order valence-electron chi connectivity index (χ4n) is 2.97. The first kappa shape index (κ1) is 16.6. The van der Waals surface area contributed by atoms with Crippen LogP contribution in [0.3, 0.4) is 0 Å². The minimum Gasteiger partial charge on any atom is -0.454 e. The molecule has 0 N–H and O–H groups in total. The summed E-state index contributed by atoms with van der Waals surface area (Å²) in [6.45, 7) is 4.16. The lowest BCUT2D eigenvalue weighted by Gasteiger charge is -2.23. The van der Waals surface area contributed by atoms with Gasteiger partial charge in [0, 0.05) is 25.2 Å². The molecule has 3 heterocycles. The molecule has 8 nitrogen and oxygen atoms in total. The SMILES string of the molecule is CCc1nnc2ccc(S(=O)(=O)N(CC)c3ccc4c(c3)OCO4)cn12. The van der Waals surface area contributed by atoms with Crippen molar-refractivity contribution in [2.45, 2.75) is 25.2 Å². The third-order valence-corrected chi connectivity index (χ3v) is 6.17. The normalized spacial score (nSPS) is 13.3. The highest BCUT2D eigenvalue weighted by Gasteiger charge is 2.26. The topological polar surface area (TPSA) is 86.0 Å². The Morgan fingerprint density at radius 3 is 2.69 bits per heavy atom. The molecule has 1 aromatic carbocycles. The molecule has 0 spiro atoms. The second-order valence-corrected chi connectivity index (χ2v) is 7.63. The lowest BCUT2D eigenvalue weighted by atomic mass is 10.3. The fourth-order valence-corrected chi connectivity index (χ4v) is 4.44. The van der Waals surface area contributed by atoms with Crippen LogP contribution in [-0.4, -0.2) is 36.4 Å². The third-order valence-electron chi connectivity index (χ3n) is 4.28. The highest BCUT2D eigenvalue weighted by molar-refractivity contribution is 7.92. The van der Waals surface area contributed by atoms with Gasteiger partial charge in [-0.3, -0.25) is 8.71 Å². The van der Waals surface area contributed by atoms with Crippen molar-refractivity contribution in [3.8, 4) is 11.5 Å². The summed E-state index contributed by atoms with van der Waals surface area (Å²) in [7, 11) is -3.76. The van der Waals surface area contributed by atoms with Gasteiger partial charge in [-0.25, -0.2) is 8.42 Å². The number of pyridine rings is 1. The van der Waals surface area contributed by atoms with Gasteiger partial charge >= 0.3 is 0 Å². The van der Waals surface area contributed by atoms with Gasteiger partial charge in [-0.05, 0) is 31.2 Å². The van der Waals surface area contributed by atoms with Gasteiger partial charge in [0.1, 0.15) is 10.7 Å². The van der Waals surface area contributed by atoms with Crippen LogP contribution in [0.25, 0.3) is 5.65 Å². The molecule has 1 aliphatic rings. The summed E-state index contributed by atoms with van der Waals surface area (Å²) in [5, 5.41) is 8.12. The summed E-state index contributed by atoms with van der Waals surface area (Å²) < 4.78 is 40.2. The van der Waals surface area contributed by atoms with E-state index in [1.54, 1.807) is 47.9 Å². The van der Waals surface area contributed by atoms with Gasteiger partial charge in [-0.15, -0.1) is 10.2 Å². The number of hydrogen-bond acceptors (Lipinski definition) is 6. The number of rotatable bonds is 5. The molecule has 0 saturated carbocycles. The largest absolute Gasteiger partial charge is 0.454 e. The first-order valence-corrected chi connectivity index (χ1v) is 9.74. The quantitative estimate of drug-likeness (QED) is 0.681. The number of aryl methyl sites for hydroxylation is 1. The van der Waals surface area contributed by atoms with Gasteiger partial charge in [0.2, 0.25) is 6.79 Å². The maximum atomic E-state index is 13.2. The number of ether oxygens (including phenoxy) is 2. The van der Waals surface area contributed by atoms with Gasteiger partial charge in [0.15, 0.2) is 17.1 Å². The van der Waals surface area contributed by atoms with E-state index in [0.717, 1.165) is 0 Å². The molecular weight excluding hydrogens is 356 g/mol.